The molecule has 0 aromatic heterocycles. The summed E-state index contributed by atoms with van der Waals surface area (Å²) >= 11 is 0. The van der Waals surface area contributed by atoms with E-state index >= 15 is 0 Å². The predicted octanol–water partition coefficient (Wildman–Crippen LogP) is 2.63. The van der Waals surface area contributed by atoms with Crippen LogP contribution in [0.15, 0.2) is 24.3 Å². The number of carbonyl (C=O) groups is 3. The first kappa shape index (κ1) is 19.9. The number of rotatable bonds is 10. The maximum absolute atomic E-state index is 12.0. The monoisotopic (exact) mass is 332 g/mol. The lowest BCUT2D eigenvalue weighted by Crippen LogP contribution is -2.37. The summed E-state index contributed by atoms with van der Waals surface area (Å²) in [5, 5.41) is 5.54. The first-order valence-electron chi connectivity index (χ1n) is 8.62. The van der Waals surface area contributed by atoms with E-state index in [-0.39, 0.29) is 36.4 Å². The fourth-order valence-electron chi connectivity index (χ4n) is 2.39. The highest BCUT2D eigenvalue weighted by molar-refractivity contribution is 5.97. The summed E-state index contributed by atoms with van der Waals surface area (Å²) < 4.78 is 0. The second-order valence-electron chi connectivity index (χ2n) is 5.94. The van der Waals surface area contributed by atoms with Crippen molar-refractivity contribution in [3.63, 3.8) is 0 Å². The largest absolute Gasteiger partial charge is 0.354 e. The molecule has 2 amide bonds. The van der Waals surface area contributed by atoms with Gasteiger partial charge in [-0.15, -0.1) is 0 Å². The normalized spacial score (nSPS) is 10.5. The first-order chi connectivity index (χ1) is 11.5. The highest BCUT2D eigenvalue weighted by Crippen LogP contribution is 2.08. The molecule has 5 nitrogen and oxygen atoms in total. The van der Waals surface area contributed by atoms with Gasteiger partial charge in [-0.2, -0.15) is 0 Å². The number of ketones is 1. The molecule has 0 radical (unpaired) electrons. The van der Waals surface area contributed by atoms with Gasteiger partial charge in [0.25, 0.3) is 0 Å². The molecule has 5 heteroatoms. The summed E-state index contributed by atoms with van der Waals surface area (Å²) in [5.41, 5.74) is 1.73. The molecule has 0 aliphatic carbocycles. The Hall–Kier alpha value is -2.17. The van der Waals surface area contributed by atoms with E-state index in [9.17, 15) is 14.4 Å². The molecule has 2 N–H and O–H groups in total. The van der Waals surface area contributed by atoms with Crippen molar-refractivity contribution in [2.45, 2.75) is 46.5 Å². The van der Waals surface area contributed by atoms with Gasteiger partial charge in [-0.05, 0) is 19.8 Å². The molecule has 24 heavy (non-hydrogen) atoms. The van der Waals surface area contributed by atoms with E-state index in [0.717, 1.165) is 18.4 Å². The van der Waals surface area contributed by atoms with Crippen molar-refractivity contribution in [2.24, 2.45) is 5.92 Å². The van der Waals surface area contributed by atoms with E-state index < -0.39 is 0 Å². The average Bonchev–Trinajstić information content (AvgIpc) is 2.58. The van der Waals surface area contributed by atoms with Crippen molar-refractivity contribution < 1.29 is 14.4 Å². The summed E-state index contributed by atoms with van der Waals surface area (Å²) in [6.45, 7) is 6.72. The number of amides is 2. The number of carbonyl (C=O) groups excluding carboxylic acids is 3. The second kappa shape index (κ2) is 10.6. The quantitative estimate of drug-likeness (QED) is 0.511. The Bertz CT molecular complexity index is 548. The second-order valence-corrected chi connectivity index (χ2v) is 5.94. The number of aryl methyl sites for hydroxylation is 1. The number of benzene rings is 1. The molecule has 0 unspecified atom stereocenters. The molecule has 0 saturated carbocycles. The third kappa shape index (κ3) is 6.94. The average molecular weight is 332 g/mol. The molecule has 0 spiro atoms. The molecule has 0 atom stereocenters. The van der Waals surface area contributed by atoms with Crippen LogP contribution >= 0.6 is 0 Å². The van der Waals surface area contributed by atoms with Crippen LogP contribution in [0.5, 0.6) is 0 Å². The Morgan fingerprint density at radius 3 is 2.08 bits per heavy atom. The van der Waals surface area contributed by atoms with E-state index in [2.05, 4.69) is 10.6 Å². The lowest BCUT2D eigenvalue weighted by atomic mass is 10.0. The third-order valence-electron chi connectivity index (χ3n) is 4.06. The minimum atomic E-state index is -0.174. The molecule has 0 aliphatic rings. The van der Waals surface area contributed by atoms with Gasteiger partial charge < -0.3 is 10.6 Å². The summed E-state index contributed by atoms with van der Waals surface area (Å²) in [5.74, 6) is -0.143. The van der Waals surface area contributed by atoms with Gasteiger partial charge in [0.2, 0.25) is 11.8 Å². The van der Waals surface area contributed by atoms with Crippen LogP contribution in [-0.4, -0.2) is 30.7 Å². The smallest absolute Gasteiger partial charge is 0.223 e. The SMILES string of the molecule is CCC(CC)C(=O)NCCNC(=O)CCC(=O)c1ccc(C)cc1. The Kier molecular flexibility index (Phi) is 8.76. The maximum Gasteiger partial charge on any atom is 0.223 e. The van der Waals surface area contributed by atoms with E-state index in [4.69, 9.17) is 0 Å². The van der Waals surface area contributed by atoms with Gasteiger partial charge in [-0.25, -0.2) is 0 Å². The Morgan fingerprint density at radius 1 is 0.917 bits per heavy atom. The van der Waals surface area contributed by atoms with Crippen LogP contribution in [0.4, 0.5) is 0 Å². The molecule has 0 bridgehead atoms. The van der Waals surface area contributed by atoms with Gasteiger partial charge in [0.05, 0.1) is 0 Å². The van der Waals surface area contributed by atoms with E-state index in [1.165, 1.54) is 0 Å². The maximum atomic E-state index is 12.0. The molecule has 0 fully saturated rings. The molecule has 1 aromatic carbocycles. The summed E-state index contributed by atoms with van der Waals surface area (Å²) in [7, 11) is 0. The zero-order chi connectivity index (χ0) is 17.9. The van der Waals surface area contributed by atoms with Crippen molar-refractivity contribution in [2.75, 3.05) is 13.1 Å². The Morgan fingerprint density at radius 2 is 1.50 bits per heavy atom. The Labute approximate surface area is 144 Å². The number of Topliss-reactive ketones (excluding diaryl/α,β-unsaturated/α-hetero) is 1. The van der Waals surface area contributed by atoms with Crippen molar-refractivity contribution in [3.8, 4) is 0 Å². The minimum Gasteiger partial charge on any atom is -0.354 e. The van der Waals surface area contributed by atoms with Crippen LogP contribution in [0.3, 0.4) is 0 Å². The predicted molar refractivity (Wildman–Crippen MR) is 94.8 cm³/mol. The highest BCUT2D eigenvalue weighted by atomic mass is 16.2. The van der Waals surface area contributed by atoms with Crippen molar-refractivity contribution in [3.05, 3.63) is 35.4 Å². The molecular formula is C19H28N2O3. The van der Waals surface area contributed by atoms with Gasteiger partial charge in [-0.3, -0.25) is 14.4 Å². The summed E-state index contributed by atoms with van der Waals surface area (Å²) in [4.78, 5) is 35.5. The summed E-state index contributed by atoms with van der Waals surface area (Å²) in [6.07, 6.45) is 1.98. The molecule has 1 rings (SSSR count). The van der Waals surface area contributed by atoms with Crippen molar-refractivity contribution >= 4 is 17.6 Å². The van der Waals surface area contributed by atoms with Crippen LogP contribution in [-0.2, 0) is 9.59 Å². The molecule has 1 aromatic rings. The van der Waals surface area contributed by atoms with Gasteiger partial charge in [0.1, 0.15) is 0 Å². The van der Waals surface area contributed by atoms with Gasteiger partial charge in [-0.1, -0.05) is 43.7 Å². The Balaban J connectivity index is 2.21. The number of nitrogens with one attached hydrogen (secondary N) is 2. The fourth-order valence-corrected chi connectivity index (χ4v) is 2.39. The zero-order valence-corrected chi connectivity index (χ0v) is 14.9. The van der Waals surface area contributed by atoms with Crippen LogP contribution < -0.4 is 10.6 Å². The highest BCUT2D eigenvalue weighted by Gasteiger charge is 2.13. The number of hydrogen-bond acceptors (Lipinski definition) is 3. The number of hydrogen-bond donors (Lipinski definition) is 2. The van der Waals surface area contributed by atoms with Gasteiger partial charge >= 0.3 is 0 Å². The molecule has 132 valence electrons. The van der Waals surface area contributed by atoms with Crippen LogP contribution in [0, 0.1) is 12.8 Å². The molecule has 0 aliphatic heterocycles. The minimum absolute atomic E-state index is 0.0313. The van der Waals surface area contributed by atoms with E-state index in [0.29, 0.717) is 18.7 Å². The van der Waals surface area contributed by atoms with E-state index in [1.54, 1.807) is 12.1 Å². The van der Waals surface area contributed by atoms with Crippen molar-refractivity contribution in [1.82, 2.24) is 10.6 Å². The van der Waals surface area contributed by atoms with Crippen LogP contribution in [0.1, 0.15) is 55.5 Å². The van der Waals surface area contributed by atoms with Gasteiger partial charge in [0, 0.05) is 37.4 Å². The standard InChI is InChI=1S/C19H28N2O3/c1-4-15(5-2)19(24)21-13-12-20-18(23)11-10-17(22)16-8-6-14(3)7-9-16/h6-9,15H,4-5,10-13H2,1-3H3,(H,20,23)(H,21,24). The van der Waals surface area contributed by atoms with Crippen molar-refractivity contribution in [1.29, 1.82) is 0 Å². The lowest BCUT2D eigenvalue weighted by molar-refractivity contribution is -0.125. The third-order valence-corrected chi connectivity index (χ3v) is 4.06. The van der Waals surface area contributed by atoms with Crippen LogP contribution in [0.2, 0.25) is 0 Å². The van der Waals surface area contributed by atoms with Crippen LogP contribution in [0.25, 0.3) is 0 Å². The first-order valence-corrected chi connectivity index (χ1v) is 8.62. The molecule has 0 saturated heterocycles. The zero-order valence-electron chi connectivity index (χ0n) is 14.9. The van der Waals surface area contributed by atoms with E-state index in [1.807, 2.05) is 32.9 Å². The fraction of sp³-hybridized carbons (Fsp3) is 0.526. The summed E-state index contributed by atoms with van der Waals surface area (Å²) in [6, 6.07) is 7.33. The van der Waals surface area contributed by atoms with Gasteiger partial charge in [0.15, 0.2) is 5.78 Å². The lowest BCUT2D eigenvalue weighted by Gasteiger charge is -2.13. The molecule has 0 heterocycles. The molecular weight excluding hydrogens is 304 g/mol. The topological polar surface area (TPSA) is 75.3 Å².